The average Bonchev–Trinajstić information content (AvgIpc) is 2.60. The Morgan fingerprint density at radius 1 is 1.79 bits per heavy atom. The van der Waals surface area contributed by atoms with E-state index in [1.165, 1.54) is 0 Å². The maximum absolute atomic E-state index is 10.4. The second-order valence-electron chi connectivity index (χ2n) is 3.65. The molecule has 1 aromatic heterocycles. The molecule has 0 aliphatic carbocycles. The Morgan fingerprint density at radius 2 is 2.50 bits per heavy atom. The fourth-order valence-corrected chi connectivity index (χ4v) is 2.27. The van der Waals surface area contributed by atoms with Crippen molar-refractivity contribution in [1.29, 1.82) is 0 Å². The summed E-state index contributed by atoms with van der Waals surface area (Å²) in [6.45, 7) is 2.40. The molecule has 0 bridgehead atoms. The summed E-state index contributed by atoms with van der Waals surface area (Å²) in [6.07, 6.45) is 1.86. The van der Waals surface area contributed by atoms with Crippen molar-refractivity contribution < 1.29 is 9.84 Å². The molecule has 1 aliphatic rings. The third kappa shape index (κ3) is 1.26. The van der Waals surface area contributed by atoms with Crippen molar-refractivity contribution in [3.05, 3.63) is 16.9 Å². The molecule has 0 radical (unpaired) electrons. The van der Waals surface area contributed by atoms with Gasteiger partial charge in [0, 0.05) is 13.5 Å². The predicted molar refractivity (Wildman–Crippen MR) is 52.1 cm³/mol. The summed E-state index contributed by atoms with van der Waals surface area (Å²) >= 11 is 5.98. The molecule has 1 saturated heterocycles. The number of halogens is 1. The third-order valence-corrected chi connectivity index (χ3v) is 3.10. The summed E-state index contributed by atoms with van der Waals surface area (Å²) in [7, 11) is 1.77. The SMILES string of the molecule is CC1OCCC1(O)c1c(Cl)cnn1C. The molecule has 1 N–H and O–H groups in total. The van der Waals surface area contributed by atoms with Crippen molar-refractivity contribution in [2.75, 3.05) is 6.61 Å². The molecule has 0 spiro atoms. The highest BCUT2D eigenvalue weighted by Crippen LogP contribution is 2.38. The van der Waals surface area contributed by atoms with Gasteiger partial charge in [0.2, 0.25) is 0 Å². The summed E-state index contributed by atoms with van der Waals surface area (Å²) in [6, 6.07) is 0. The second-order valence-corrected chi connectivity index (χ2v) is 4.06. The number of ether oxygens (including phenoxy) is 1. The lowest BCUT2D eigenvalue weighted by molar-refractivity contribution is -0.0370. The fourth-order valence-electron chi connectivity index (χ4n) is 1.94. The third-order valence-electron chi connectivity index (χ3n) is 2.83. The Hall–Kier alpha value is -0.580. The van der Waals surface area contributed by atoms with E-state index in [0.29, 0.717) is 23.7 Å². The van der Waals surface area contributed by atoms with Gasteiger partial charge in [-0.1, -0.05) is 11.6 Å². The molecule has 0 aromatic carbocycles. The first-order chi connectivity index (χ1) is 6.55. The van der Waals surface area contributed by atoms with Crippen molar-refractivity contribution in [3.63, 3.8) is 0 Å². The van der Waals surface area contributed by atoms with E-state index in [1.54, 1.807) is 17.9 Å². The number of aryl methyl sites for hydroxylation is 1. The Kier molecular flexibility index (Phi) is 2.29. The molecule has 1 aromatic rings. The Labute approximate surface area is 87.4 Å². The van der Waals surface area contributed by atoms with Gasteiger partial charge in [-0.05, 0) is 6.92 Å². The van der Waals surface area contributed by atoms with E-state index in [-0.39, 0.29) is 6.10 Å². The van der Waals surface area contributed by atoms with Gasteiger partial charge in [0.25, 0.3) is 0 Å². The van der Waals surface area contributed by atoms with E-state index in [2.05, 4.69) is 5.10 Å². The molecule has 2 rings (SSSR count). The van der Waals surface area contributed by atoms with Crippen molar-refractivity contribution >= 4 is 11.6 Å². The first-order valence-electron chi connectivity index (χ1n) is 4.57. The number of aliphatic hydroxyl groups is 1. The van der Waals surface area contributed by atoms with Crippen molar-refractivity contribution in [2.45, 2.75) is 25.0 Å². The average molecular weight is 217 g/mol. The van der Waals surface area contributed by atoms with Crippen LogP contribution in [0, 0.1) is 0 Å². The summed E-state index contributed by atoms with van der Waals surface area (Å²) in [4.78, 5) is 0. The van der Waals surface area contributed by atoms with E-state index < -0.39 is 5.60 Å². The summed E-state index contributed by atoms with van der Waals surface area (Å²) in [5.74, 6) is 0. The van der Waals surface area contributed by atoms with Crippen molar-refractivity contribution in [1.82, 2.24) is 9.78 Å². The standard InChI is InChI=1S/C9H13ClN2O2/c1-6-9(13,3-4-14-6)8-7(10)5-11-12(8)2/h5-6,13H,3-4H2,1-2H3. The number of hydrogen-bond acceptors (Lipinski definition) is 3. The van der Waals surface area contributed by atoms with Gasteiger partial charge in [-0.3, -0.25) is 4.68 Å². The van der Waals surface area contributed by atoms with Crippen LogP contribution in [0.3, 0.4) is 0 Å². The second kappa shape index (κ2) is 3.22. The maximum atomic E-state index is 10.4. The van der Waals surface area contributed by atoms with Crippen LogP contribution in [-0.2, 0) is 17.4 Å². The zero-order chi connectivity index (χ0) is 10.3. The number of hydrogen-bond donors (Lipinski definition) is 1. The first-order valence-corrected chi connectivity index (χ1v) is 4.95. The molecule has 1 fully saturated rings. The Bertz CT molecular complexity index is 333. The van der Waals surface area contributed by atoms with Gasteiger partial charge in [-0.25, -0.2) is 0 Å². The van der Waals surface area contributed by atoms with Crippen LogP contribution < -0.4 is 0 Å². The van der Waals surface area contributed by atoms with Crippen LogP contribution in [0.2, 0.25) is 5.02 Å². The molecule has 1 aliphatic heterocycles. The quantitative estimate of drug-likeness (QED) is 0.764. The molecule has 5 heteroatoms. The molecule has 78 valence electrons. The van der Waals surface area contributed by atoms with Gasteiger partial charge in [0.1, 0.15) is 5.60 Å². The van der Waals surface area contributed by atoms with Crippen molar-refractivity contribution in [2.24, 2.45) is 7.05 Å². The number of nitrogens with zero attached hydrogens (tertiary/aromatic N) is 2. The van der Waals surface area contributed by atoms with Crippen LogP contribution in [-0.4, -0.2) is 27.6 Å². The van der Waals surface area contributed by atoms with Crippen molar-refractivity contribution in [3.8, 4) is 0 Å². The van der Waals surface area contributed by atoms with Gasteiger partial charge in [-0.15, -0.1) is 0 Å². The Balaban J connectivity index is 2.47. The Morgan fingerprint density at radius 3 is 2.93 bits per heavy atom. The lowest BCUT2D eigenvalue weighted by atomic mass is 9.92. The van der Waals surface area contributed by atoms with Crippen LogP contribution in [0.25, 0.3) is 0 Å². The molecular formula is C9H13ClN2O2. The van der Waals surface area contributed by atoms with Crippen LogP contribution in [0.4, 0.5) is 0 Å². The minimum atomic E-state index is -0.998. The molecule has 0 amide bonds. The molecule has 2 heterocycles. The summed E-state index contributed by atoms with van der Waals surface area (Å²) < 4.78 is 6.96. The molecule has 0 saturated carbocycles. The minimum absolute atomic E-state index is 0.240. The first kappa shape index (κ1) is 9.96. The number of rotatable bonds is 1. The van der Waals surface area contributed by atoms with E-state index in [1.807, 2.05) is 6.92 Å². The topological polar surface area (TPSA) is 47.3 Å². The van der Waals surface area contributed by atoms with Crippen LogP contribution >= 0.6 is 11.6 Å². The van der Waals surface area contributed by atoms with E-state index in [0.717, 1.165) is 0 Å². The van der Waals surface area contributed by atoms with Gasteiger partial charge < -0.3 is 9.84 Å². The zero-order valence-corrected chi connectivity index (χ0v) is 8.95. The van der Waals surface area contributed by atoms with Crippen LogP contribution in [0.15, 0.2) is 6.20 Å². The smallest absolute Gasteiger partial charge is 0.135 e. The lowest BCUT2D eigenvalue weighted by Gasteiger charge is -2.26. The molecule has 14 heavy (non-hydrogen) atoms. The zero-order valence-electron chi connectivity index (χ0n) is 8.20. The molecule has 2 unspecified atom stereocenters. The fraction of sp³-hybridized carbons (Fsp3) is 0.667. The van der Waals surface area contributed by atoms with Gasteiger partial charge in [0.05, 0.1) is 29.6 Å². The monoisotopic (exact) mass is 216 g/mol. The predicted octanol–water partition coefficient (Wildman–Crippen LogP) is 1.07. The summed E-state index contributed by atoms with van der Waals surface area (Å²) in [5, 5.41) is 14.9. The van der Waals surface area contributed by atoms with E-state index in [4.69, 9.17) is 16.3 Å². The van der Waals surface area contributed by atoms with Crippen LogP contribution in [0.1, 0.15) is 19.0 Å². The maximum Gasteiger partial charge on any atom is 0.135 e. The largest absolute Gasteiger partial charge is 0.381 e. The number of aromatic nitrogens is 2. The van der Waals surface area contributed by atoms with Gasteiger partial charge in [0.15, 0.2) is 0 Å². The van der Waals surface area contributed by atoms with Crippen LogP contribution in [0.5, 0.6) is 0 Å². The highest BCUT2D eigenvalue weighted by molar-refractivity contribution is 6.31. The van der Waals surface area contributed by atoms with Gasteiger partial charge in [-0.2, -0.15) is 5.10 Å². The minimum Gasteiger partial charge on any atom is -0.381 e. The summed E-state index contributed by atoms with van der Waals surface area (Å²) in [5.41, 5.74) is -0.355. The van der Waals surface area contributed by atoms with E-state index >= 15 is 0 Å². The van der Waals surface area contributed by atoms with Gasteiger partial charge >= 0.3 is 0 Å². The molecule has 4 nitrogen and oxygen atoms in total. The normalized spacial score (nSPS) is 32.4. The molecule has 2 atom stereocenters. The highest BCUT2D eigenvalue weighted by atomic mass is 35.5. The van der Waals surface area contributed by atoms with E-state index in [9.17, 15) is 5.11 Å². The highest BCUT2D eigenvalue weighted by Gasteiger charge is 2.44. The molecular weight excluding hydrogens is 204 g/mol. The lowest BCUT2D eigenvalue weighted by Crippen LogP contribution is -2.35.